The fourth-order valence-corrected chi connectivity index (χ4v) is 2.73. The molecule has 0 aliphatic heterocycles. The SMILES string of the molecule is CC(C)Oc1ccc(C(=O)NCCOC2CCCCCC2)cn1. The minimum Gasteiger partial charge on any atom is -0.475 e. The molecule has 5 nitrogen and oxygen atoms in total. The van der Waals surface area contributed by atoms with Crippen LogP contribution in [0.4, 0.5) is 0 Å². The third-order valence-corrected chi connectivity index (χ3v) is 3.90. The first-order valence-corrected chi connectivity index (χ1v) is 8.67. The summed E-state index contributed by atoms with van der Waals surface area (Å²) in [5, 5.41) is 2.87. The van der Waals surface area contributed by atoms with Crippen molar-refractivity contribution >= 4 is 5.91 Å². The molecule has 1 aromatic heterocycles. The van der Waals surface area contributed by atoms with Crippen LogP contribution in [-0.4, -0.2) is 36.3 Å². The number of nitrogens with zero attached hydrogens (tertiary/aromatic N) is 1. The molecule has 0 atom stereocenters. The van der Waals surface area contributed by atoms with Gasteiger partial charge >= 0.3 is 0 Å². The van der Waals surface area contributed by atoms with Gasteiger partial charge in [-0.15, -0.1) is 0 Å². The van der Waals surface area contributed by atoms with Crippen LogP contribution in [-0.2, 0) is 4.74 Å². The van der Waals surface area contributed by atoms with E-state index in [1.54, 1.807) is 18.3 Å². The first-order chi connectivity index (χ1) is 11.1. The molecule has 2 rings (SSSR count). The zero-order chi connectivity index (χ0) is 16.5. The molecule has 1 aromatic rings. The lowest BCUT2D eigenvalue weighted by Crippen LogP contribution is -2.28. The van der Waals surface area contributed by atoms with Gasteiger partial charge in [0.2, 0.25) is 5.88 Å². The summed E-state index contributed by atoms with van der Waals surface area (Å²) < 4.78 is 11.3. The lowest BCUT2D eigenvalue weighted by molar-refractivity contribution is 0.0442. The van der Waals surface area contributed by atoms with Crippen LogP contribution in [0.1, 0.15) is 62.7 Å². The predicted molar refractivity (Wildman–Crippen MR) is 89.8 cm³/mol. The Morgan fingerprint density at radius 2 is 2.00 bits per heavy atom. The summed E-state index contributed by atoms with van der Waals surface area (Å²) >= 11 is 0. The number of amides is 1. The Morgan fingerprint density at radius 3 is 2.61 bits per heavy atom. The number of hydrogen-bond donors (Lipinski definition) is 1. The van der Waals surface area contributed by atoms with Crippen molar-refractivity contribution < 1.29 is 14.3 Å². The van der Waals surface area contributed by atoms with Crippen molar-refractivity contribution in [2.75, 3.05) is 13.2 Å². The molecule has 1 heterocycles. The van der Waals surface area contributed by atoms with E-state index in [1.807, 2.05) is 13.8 Å². The van der Waals surface area contributed by atoms with Gasteiger partial charge in [-0.05, 0) is 32.8 Å². The van der Waals surface area contributed by atoms with Crippen molar-refractivity contribution in [2.24, 2.45) is 0 Å². The largest absolute Gasteiger partial charge is 0.475 e. The van der Waals surface area contributed by atoms with E-state index < -0.39 is 0 Å². The molecule has 1 N–H and O–H groups in total. The van der Waals surface area contributed by atoms with E-state index in [-0.39, 0.29) is 12.0 Å². The average Bonchev–Trinajstić information content (AvgIpc) is 2.80. The summed E-state index contributed by atoms with van der Waals surface area (Å²) in [6, 6.07) is 3.45. The molecule has 128 valence electrons. The fraction of sp³-hybridized carbons (Fsp3) is 0.667. The van der Waals surface area contributed by atoms with E-state index in [1.165, 1.54) is 25.7 Å². The van der Waals surface area contributed by atoms with Gasteiger partial charge in [-0.2, -0.15) is 0 Å². The van der Waals surface area contributed by atoms with Gasteiger partial charge in [0.15, 0.2) is 0 Å². The van der Waals surface area contributed by atoms with Gasteiger partial charge in [0.25, 0.3) is 5.91 Å². The Hall–Kier alpha value is -1.62. The van der Waals surface area contributed by atoms with Crippen LogP contribution in [0.3, 0.4) is 0 Å². The first-order valence-electron chi connectivity index (χ1n) is 8.67. The lowest BCUT2D eigenvalue weighted by Gasteiger charge is -2.15. The Balaban J connectivity index is 1.67. The fourth-order valence-electron chi connectivity index (χ4n) is 2.73. The van der Waals surface area contributed by atoms with E-state index >= 15 is 0 Å². The van der Waals surface area contributed by atoms with Crippen LogP contribution in [0.25, 0.3) is 0 Å². The number of carbonyl (C=O) groups is 1. The van der Waals surface area contributed by atoms with Crippen molar-refractivity contribution in [1.82, 2.24) is 10.3 Å². The molecule has 0 radical (unpaired) electrons. The van der Waals surface area contributed by atoms with Crippen LogP contribution >= 0.6 is 0 Å². The lowest BCUT2D eigenvalue weighted by atomic mass is 10.1. The number of aromatic nitrogens is 1. The number of hydrogen-bond acceptors (Lipinski definition) is 4. The molecule has 1 amide bonds. The minimum absolute atomic E-state index is 0.0725. The Kier molecular flexibility index (Phi) is 7.33. The summed E-state index contributed by atoms with van der Waals surface area (Å²) in [7, 11) is 0. The summed E-state index contributed by atoms with van der Waals surface area (Å²) in [6.45, 7) is 4.98. The quantitative estimate of drug-likeness (QED) is 0.618. The average molecular weight is 320 g/mol. The second-order valence-electron chi connectivity index (χ2n) is 6.29. The van der Waals surface area contributed by atoms with Crippen LogP contribution in [0.2, 0.25) is 0 Å². The second-order valence-corrected chi connectivity index (χ2v) is 6.29. The van der Waals surface area contributed by atoms with Gasteiger partial charge in [0.05, 0.1) is 24.4 Å². The first kappa shape index (κ1) is 17.7. The second kappa shape index (κ2) is 9.50. The van der Waals surface area contributed by atoms with Crippen molar-refractivity contribution in [3.63, 3.8) is 0 Å². The number of rotatable bonds is 7. The van der Waals surface area contributed by atoms with E-state index in [0.717, 1.165) is 12.8 Å². The van der Waals surface area contributed by atoms with Crippen LogP contribution in [0.5, 0.6) is 5.88 Å². The zero-order valence-electron chi connectivity index (χ0n) is 14.2. The zero-order valence-corrected chi connectivity index (χ0v) is 14.2. The van der Waals surface area contributed by atoms with Crippen molar-refractivity contribution in [3.8, 4) is 5.88 Å². The summed E-state index contributed by atoms with van der Waals surface area (Å²) in [5.74, 6) is 0.409. The van der Waals surface area contributed by atoms with Crippen LogP contribution < -0.4 is 10.1 Å². The molecule has 1 aliphatic rings. The number of carbonyl (C=O) groups excluding carboxylic acids is 1. The third kappa shape index (κ3) is 6.57. The van der Waals surface area contributed by atoms with Gasteiger partial charge in [0, 0.05) is 18.8 Å². The van der Waals surface area contributed by atoms with Gasteiger partial charge < -0.3 is 14.8 Å². The molecular formula is C18H28N2O3. The van der Waals surface area contributed by atoms with E-state index in [0.29, 0.717) is 30.7 Å². The number of nitrogens with one attached hydrogen (secondary N) is 1. The maximum absolute atomic E-state index is 12.0. The maximum Gasteiger partial charge on any atom is 0.252 e. The molecule has 0 aromatic carbocycles. The maximum atomic E-state index is 12.0. The van der Waals surface area contributed by atoms with Crippen molar-refractivity contribution in [2.45, 2.75) is 64.6 Å². The summed E-state index contributed by atoms with van der Waals surface area (Å²) in [5.41, 5.74) is 0.538. The Morgan fingerprint density at radius 1 is 1.26 bits per heavy atom. The summed E-state index contributed by atoms with van der Waals surface area (Å²) in [4.78, 5) is 16.2. The van der Waals surface area contributed by atoms with Gasteiger partial charge in [-0.1, -0.05) is 25.7 Å². The molecular weight excluding hydrogens is 292 g/mol. The van der Waals surface area contributed by atoms with Crippen molar-refractivity contribution in [3.05, 3.63) is 23.9 Å². The van der Waals surface area contributed by atoms with E-state index in [4.69, 9.17) is 9.47 Å². The topological polar surface area (TPSA) is 60.5 Å². The molecule has 0 unspecified atom stereocenters. The highest BCUT2D eigenvalue weighted by Crippen LogP contribution is 2.19. The molecule has 1 saturated carbocycles. The van der Waals surface area contributed by atoms with Gasteiger partial charge in [0.1, 0.15) is 0 Å². The van der Waals surface area contributed by atoms with E-state index in [2.05, 4.69) is 10.3 Å². The highest BCUT2D eigenvalue weighted by Gasteiger charge is 2.12. The molecule has 1 fully saturated rings. The normalized spacial score (nSPS) is 16.1. The Bertz CT molecular complexity index is 466. The number of pyridine rings is 1. The minimum atomic E-state index is -0.127. The Labute approximate surface area is 138 Å². The van der Waals surface area contributed by atoms with Crippen molar-refractivity contribution in [1.29, 1.82) is 0 Å². The standard InChI is InChI=1S/C18H28N2O3/c1-14(2)23-17-10-9-15(13-20-17)18(21)19-11-12-22-16-7-5-3-4-6-8-16/h9-10,13-14,16H,3-8,11-12H2,1-2H3,(H,19,21). The predicted octanol–water partition coefficient (Wildman–Crippen LogP) is 3.34. The molecule has 1 aliphatic carbocycles. The molecule has 0 bridgehead atoms. The molecule has 0 saturated heterocycles. The number of ether oxygens (including phenoxy) is 2. The smallest absolute Gasteiger partial charge is 0.252 e. The summed E-state index contributed by atoms with van der Waals surface area (Å²) in [6.07, 6.45) is 9.43. The molecule has 5 heteroatoms. The van der Waals surface area contributed by atoms with E-state index in [9.17, 15) is 4.79 Å². The highest BCUT2D eigenvalue weighted by molar-refractivity contribution is 5.93. The molecule has 0 spiro atoms. The van der Waals surface area contributed by atoms with Gasteiger partial charge in [-0.25, -0.2) is 4.98 Å². The van der Waals surface area contributed by atoms with Gasteiger partial charge in [-0.3, -0.25) is 4.79 Å². The van der Waals surface area contributed by atoms with Crippen LogP contribution in [0, 0.1) is 0 Å². The molecule has 23 heavy (non-hydrogen) atoms. The third-order valence-electron chi connectivity index (χ3n) is 3.90. The van der Waals surface area contributed by atoms with Crippen LogP contribution in [0.15, 0.2) is 18.3 Å². The monoisotopic (exact) mass is 320 g/mol. The highest BCUT2D eigenvalue weighted by atomic mass is 16.5.